The molecule has 1 aromatic rings. The predicted octanol–water partition coefficient (Wildman–Crippen LogP) is 2.46. The van der Waals surface area contributed by atoms with Crippen LogP contribution in [0.1, 0.15) is 12.8 Å². The van der Waals surface area contributed by atoms with Crippen LogP contribution in [0.15, 0.2) is 18.2 Å². The molecule has 19 heavy (non-hydrogen) atoms. The molecule has 4 nitrogen and oxygen atoms in total. The van der Waals surface area contributed by atoms with Crippen LogP contribution in [-0.2, 0) is 9.47 Å². The SMILES string of the molecule is COC(CNc1ccc(N2CCCC2)c(F)c1)OC. The molecule has 0 atom stereocenters. The molecule has 1 fully saturated rings. The third-order valence-corrected chi connectivity index (χ3v) is 3.39. The minimum absolute atomic E-state index is 0.182. The molecule has 0 saturated carbocycles. The van der Waals surface area contributed by atoms with Crippen molar-refractivity contribution in [2.75, 3.05) is 44.1 Å². The van der Waals surface area contributed by atoms with Crippen molar-refractivity contribution in [1.82, 2.24) is 0 Å². The lowest BCUT2D eigenvalue weighted by atomic mass is 10.2. The topological polar surface area (TPSA) is 33.7 Å². The molecule has 1 heterocycles. The van der Waals surface area contributed by atoms with Gasteiger partial charge in [-0.05, 0) is 31.0 Å². The van der Waals surface area contributed by atoms with Crippen molar-refractivity contribution < 1.29 is 13.9 Å². The van der Waals surface area contributed by atoms with Crippen LogP contribution >= 0.6 is 0 Å². The van der Waals surface area contributed by atoms with Gasteiger partial charge < -0.3 is 19.7 Å². The highest BCUT2D eigenvalue weighted by Crippen LogP contribution is 2.26. The number of hydrogen-bond donors (Lipinski definition) is 1. The summed E-state index contributed by atoms with van der Waals surface area (Å²) in [5, 5.41) is 3.10. The summed E-state index contributed by atoms with van der Waals surface area (Å²) in [5.74, 6) is -0.182. The number of ether oxygens (including phenoxy) is 2. The van der Waals surface area contributed by atoms with Crippen LogP contribution in [0.5, 0.6) is 0 Å². The molecular weight excluding hydrogens is 247 g/mol. The minimum Gasteiger partial charge on any atom is -0.380 e. The first kappa shape index (κ1) is 14.1. The van der Waals surface area contributed by atoms with E-state index in [1.165, 1.54) is 6.07 Å². The number of rotatable bonds is 6. The summed E-state index contributed by atoms with van der Waals surface area (Å²) in [6.07, 6.45) is 1.95. The van der Waals surface area contributed by atoms with E-state index in [0.717, 1.165) is 31.6 Å². The molecule has 0 unspecified atom stereocenters. The Morgan fingerprint density at radius 2 is 1.95 bits per heavy atom. The molecule has 0 radical (unpaired) electrons. The summed E-state index contributed by atoms with van der Waals surface area (Å²) in [4.78, 5) is 2.09. The highest BCUT2D eigenvalue weighted by Gasteiger charge is 2.16. The van der Waals surface area contributed by atoms with Gasteiger partial charge in [0, 0.05) is 33.0 Å². The Labute approximate surface area is 113 Å². The lowest BCUT2D eigenvalue weighted by Crippen LogP contribution is -2.24. The third kappa shape index (κ3) is 3.58. The van der Waals surface area contributed by atoms with E-state index < -0.39 is 0 Å². The zero-order valence-electron chi connectivity index (χ0n) is 11.5. The van der Waals surface area contributed by atoms with Gasteiger partial charge in [0.05, 0.1) is 12.2 Å². The van der Waals surface area contributed by atoms with Crippen molar-refractivity contribution in [3.05, 3.63) is 24.0 Å². The van der Waals surface area contributed by atoms with E-state index in [9.17, 15) is 4.39 Å². The summed E-state index contributed by atoms with van der Waals surface area (Å²) in [6, 6.07) is 5.24. The predicted molar refractivity (Wildman–Crippen MR) is 74.1 cm³/mol. The van der Waals surface area contributed by atoms with Crippen LogP contribution < -0.4 is 10.2 Å². The van der Waals surface area contributed by atoms with Crippen LogP contribution in [0.3, 0.4) is 0 Å². The Hall–Kier alpha value is -1.33. The van der Waals surface area contributed by atoms with Gasteiger partial charge in [0.25, 0.3) is 0 Å². The van der Waals surface area contributed by atoms with Gasteiger partial charge in [-0.3, -0.25) is 0 Å². The zero-order valence-corrected chi connectivity index (χ0v) is 11.5. The maximum Gasteiger partial charge on any atom is 0.173 e. The van der Waals surface area contributed by atoms with Gasteiger partial charge in [0.1, 0.15) is 5.82 Å². The molecule has 1 aromatic carbocycles. The first-order chi connectivity index (χ1) is 9.24. The van der Waals surface area contributed by atoms with Crippen LogP contribution in [0, 0.1) is 5.82 Å². The van der Waals surface area contributed by atoms with Crippen molar-refractivity contribution >= 4 is 11.4 Å². The Morgan fingerprint density at radius 1 is 1.26 bits per heavy atom. The van der Waals surface area contributed by atoms with Gasteiger partial charge in [-0.25, -0.2) is 4.39 Å². The number of halogens is 1. The highest BCUT2D eigenvalue weighted by molar-refractivity contribution is 5.56. The van der Waals surface area contributed by atoms with E-state index in [4.69, 9.17) is 9.47 Å². The van der Waals surface area contributed by atoms with Crippen LogP contribution in [0.2, 0.25) is 0 Å². The fourth-order valence-electron chi connectivity index (χ4n) is 2.30. The fourth-order valence-corrected chi connectivity index (χ4v) is 2.30. The van der Waals surface area contributed by atoms with Crippen molar-refractivity contribution in [2.24, 2.45) is 0 Å². The molecular formula is C14H21FN2O2. The lowest BCUT2D eigenvalue weighted by molar-refractivity contribution is -0.0914. The minimum atomic E-state index is -0.332. The third-order valence-electron chi connectivity index (χ3n) is 3.39. The molecule has 1 N–H and O–H groups in total. The molecule has 1 aliphatic heterocycles. The fraction of sp³-hybridized carbons (Fsp3) is 0.571. The second-order valence-corrected chi connectivity index (χ2v) is 4.64. The van der Waals surface area contributed by atoms with E-state index in [1.807, 2.05) is 12.1 Å². The number of nitrogens with zero attached hydrogens (tertiary/aromatic N) is 1. The average Bonchev–Trinajstić information content (AvgIpc) is 2.94. The normalized spacial score (nSPS) is 15.3. The Bertz CT molecular complexity index is 404. The van der Waals surface area contributed by atoms with E-state index in [2.05, 4.69) is 10.2 Å². The van der Waals surface area contributed by atoms with Gasteiger partial charge in [0.15, 0.2) is 6.29 Å². The zero-order chi connectivity index (χ0) is 13.7. The van der Waals surface area contributed by atoms with Crippen molar-refractivity contribution in [3.8, 4) is 0 Å². The smallest absolute Gasteiger partial charge is 0.173 e. The molecule has 0 aliphatic carbocycles. The molecule has 0 aromatic heterocycles. The van der Waals surface area contributed by atoms with E-state index >= 15 is 0 Å². The largest absolute Gasteiger partial charge is 0.380 e. The maximum atomic E-state index is 14.0. The summed E-state index contributed by atoms with van der Waals surface area (Å²) in [5.41, 5.74) is 1.43. The van der Waals surface area contributed by atoms with Crippen molar-refractivity contribution in [1.29, 1.82) is 0 Å². The van der Waals surface area contributed by atoms with Gasteiger partial charge in [-0.2, -0.15) is 0 Å². The summed E-state index contributed by atoms with van der Waals surface area (Å²) < 4.78 is 24.2. The molecule has 0 amide bonds. The number of nitrogens with one attached hydrogen (secondary N) is 1. The molecule has 0 spiro atoms. The molecule has 1 aliphatic rings. The van der Waals surface area contributed by atoms with Gasteiger partial charge >= 0.3 is 0 Å². The molecule has 0 bridgehead atoms. The second-order valence-electron chi connectivity index (χ2n) is 4.64. The number of benzene rings is 1. The lowest BCUT2D eigenvalue weighted by Gasteiger charge is -2.19. The standard InChI is InChI=1S/C14H21FN2O2/c1-18-14(19-2)10-16-11-5-6-13(12(15)9-11)17-7-3-4-8-17/h5-6,9,14,16H,3-4,7-8,10H2,1-2H3. The maximum absolute atomic E-state index is 14.0. The molecule has 5 heteroatoms. The number of hydrogen-bond acceptors (Lipinski definition) is 4. The summed E-state index contributed by atoms with van der Waals surface area (Å²) in [6.45, 7) is 2.37. The molecule has 2 rings (SSSR count). The Morgan fingerprint density at radius 3 is 2.53 bits per heavy atom. The number of anilines is 2. The van der Waals surface area contributed by atoms with Crippen LogP contribution in [0.25, 0.3) is 0 Å². The van der Waals surface area contributed by atoms with Crippen LogP contribution in [-0.4, -0.2) is 40.1 Å². The Balaban J connectivity index is 1.98. The van der Waals surface area contributed by atoms with E-state index in [0.29, 0.717) is 12.2 Å². The van der Waals surface area contributed by atoms with Gasteiger partial charge in [-0.15, -0.1) is 0 Å². The summed E-state index contributed by atoms with van der Waals surface area (Å²) in [7, 11) is 3.15. The average molecular weight is 268 g/mol. The summed E-state index contributed by atoms with van der Waals surface area (Å²) >= 11 is 0. The first-order valence-corrected chi connectivity index (χ1v) is 6.58. The van der Waals surface area contributed by atoms with E-state index in [-0.39, 0.29) is 12.1 Å². The highest BCUT2D eigenvalue weighted by atomic mass is 19.1. The van der Waals surface area contributed by atoms with Crippen molar-refractivity contribution in [2.45, 2.75) is 19.1 Å². The Kier molecular flexibility index (Phi) is 4.99. The van der Waals surface area contributed by atoms with Crippen molar-refractivity contribution in [3.63, 3.8) is 0 Å². The van der Waals surface area contributed by atoms with Gasteiger partial charge in [0.2, 0.25) is 0 Å². The molecule has 1 saturated heterocycles. The first-order valence-electron chi connectivity index (χ1n) is 6.58. The quantitative estimate of drug-likeness (QED) is 0.804. The monoisotopic (exact) mass is 268 g/mol. The molecule has 106 valence electrons. The second kappa shape index (κ2) is 6.73. The van der Waals surface area contributed by atoms with Gasteiger partial charge in [-0.1, -0.05) is 0 Å². The number of methoxy groups -OCH3 is 2. The van der Waals surface area contributed by atoms with E-state index in [1.54, 1.807) is 14.2 Å². The van der Waals surface area contributed by atoms with Crippen LogP contribution in [0.4, 0.5) is 15.8 Å².